The van der Waals surface area contributed by atoms with Crippen LogP contribution >= 0.6 is 11.6 Å². The van der Waals surface area contributed by atoms with Crippen molar-refractivity contribution in [3.8, 4) is 34.5 Å². The average molecular weight is 613 g/mol. The number of halogens is 1. The van der Waals surface area contributed by atoms with Gasteiger partial charge in [-0.05, 0) is 88.9 Å². The van der Waals surface area contributed by atoms with Crippen LogP contribution in [0.1, 0.15) is 67.9 Å². The Hall–Kier alpha value is -3.92. The highest BCUT2D eigenvalue weighted by Crippen LogP contribution is 2.31. The maximum atomic E-state index is 13.0. The summed E-state index contributed by atoms with van der Waals surface area (Å²) >= 11 is 6.60. The van der Waals surface area contributed by atoms with Crippen molar-refractivity contribution in [2.75, 3.05) is 13.7 Å². The number of carbonyl (C=O) groups is 2. The van der Waals surface area contributed by atoms with Crippen LogP contribution in [-0.4, -0.2) is 57.0 Å². The normalized spacial score (nSPS) is 12.0. The number of hydrogen-bond donors (Lipinski definition) is 0. The molecule has 0 bridgehead atoms. The quantitative estimate of drug-likeness (QED) is 0.262. The van der Waals surface area contributed by atoms with Gasteiger partial charge in [0.2, 0.25) is 0 Å². The second-order valence-corrected chi connectivity index (χ2v) is 13.6. The minimum atomic E-state index is -0.836. The summed E-state index contributed by atoms with van der Waals surface area (Å²) in [5.41, 5.74) is 0.129. The van der Waals surface area contributed by atoms with Crippen molar-refractivity contribution in [1.29, 1.82) is 0 Å². The molecule has 0 N–H and O–H groups in total. The summed E-state index contributed by atoms with van der Waals surface area (Å²) in [7, 11) is 1.46. The molecule has 0 atom stereocenters. The van der Waals surface area contributed by atoms with Crippen LogP contribution in [0.3, 0.4) is 0 Å². The van der Waals surface area contributed by atoms with E-state index >= 15 is 0 Å². The molecule has 0 spiro atoms. The Morgan fingerprint density at radius 3 is 1.86 bits per heavy atom. The molecule has 11 heteroatoms. The number of hydrogen-bond acceptors (Lipinski definition) is 9. The first-order valence-corrected chi connectivity index (χ1v) is 14.3. The van der Waals surface area contributed by atoms with Crippen LogP contribution in [0.5, 0.6) is 11.8 Å². The smallest absolute Gasteiger partial charge is 0.420 e. The monoisotopic (exact) mass is 612 g/mol. The van der Waals surface area contributed by atoms with E-state index in [1.54, 1.807) is 59.7 Å². The third kappa shape index (κ3) is 10.4. The molecule has 0 aliphatic carbocycles. The number of nitrogens with zero attached hydrogens (tertiary/aromatic N) is 4. The molecule has 1 aromatic heterocycles. The maximum absolute atomic E-state index is 13.0. The van der Waals surface area contributed by atoms with Crippen LogP contribution in [0, 0.1) is 5.41 Å². The number of amides is 2. The molecule has 0 aliphatic heterocycles. The van der Waals surface area contributed by atoms with Crippen molar-refractivity contribution in [2.45, 2.75) is 80.1 Å². The molecule has 2 amide bonds. The third-order valence-electron chi connectivity index (χ3n) is 5.42. The highest BCUT2D eigenvalue weighted by Gasteiger charge is 2.31. The first-order valence-electron chi connectivity index (χ1n) is 13.9. The fourth-order valence-electron chi connectivity index (χ4n) is 3.56. The van der Waals surface area contributed by atoms with Crippen molar-refractivity contribution in [1.82, 2.24) is 19.9 Å². The molecule has 1 heterocycles. The first-order chi connectivity index (χ1) is 19.8. The molecule has 0 saturated carbocycles. The minimum Gasteiger partial charge on any atom is -0.493 e. The number of aromatic nitrogens is 3. The Balaban J connectivity index is 1.97. The zero-order chi connectivity index (χ0) is 32.2. The van der Waals surface area contributed by atoms with Crippen LogP contribution in [0.2, 0.25) is 5.02 Å². The molecule has 10 nitrogen and oxygen atoms in total. The number of carbonyl (C=O) groups excluding carboxylic acids is 2. The molecule has 0 unspecified atom stereocenters. The van der Waals surface area contributed by atoms with E-state index in [0.717, 1.165) is 16.2 Å². The van der Waals surface area contributed by atoms with Crippen molar-refractivity contribution < 1.29 is 28.5 Å². The molecule has 0 fully saturated rings. The summed E-state index contributed by atoms with van der Waals surface area (Å²) < 4.78 is 22.2. The van der Waals surface area contributed by atoms with Crippen LogP contribution < -0.4 is 9.47 Å². The van der Waals surface area contributed by atoms with Gasteiger partial charge in [0.05, 0.1) is 25.3 Å². The lowest BCUT2D eigenvalue weighted by molar-refractivity contribution is -0.000253. The maximum Gasteiger partial charge on any atom is 0.420 e. The van der Waals surface area contributed by atoms with Gasteiger partial charge in [-0.25, -0.2) is 19.5 Å². The predicted molar refractivity (Wildman–Crippen MR) is 165 cm³/mol. The lowest BCUT2D eigenvalue weighted by Gasteiger charge is -2.28. The van der Waals surface area contributed by atoms with E-state index in [4.69, 9.17) is 30.5 Å². The van der Waals surface area contributed by atoms with Gasteiger partial charge in [-0.1, -0.05) is 38.4 Å². The lowest BCUT2D eigenvalue weighted by Crippen LogP contribution is -2.43. The van der Waals surface area contributed by atoms with Crippen LogP contribution in [0.15, 0.2) is 42.5 Å². The van der Waals surface area contributed by atoms with E-state index < -0.39 is 23.4 Å². The summed E-state index contributed by atoms with van der Waals surface area (Å²) in [6.45, 7) is 17.1. The van der Waals surface area contributed by atoms with Crippen molar-refractivity contribution in [3.63, 3.8) is 0 Å². The van der Waals surface area contributed by atoms with Gasteiger partial charge >= 0.3 is 18.2 Å². The van der Waals surface area contributed by atoms with Gasteiger partial charge in [-0.3, -0.25) is 0 Å². The SMILES string of the molecule is COc1nc(-c2ccc(OCC(C)(C)C)cc2)nc(-c2cc(CN(C(=O)OC(C)(C)C)C(=O)OC(C)(C)C)ccc2Cl)n1. The largest absolute Gasteiger partial charge is 0.493 e. The van der Waals surface area contributed by atoms with Gasteiger partial charge in [0.1, 0.15) is 17.0 Å². The molecule has 3 rings (SSSR count). The van der Waals surface area contributed by atoms with E-state index in [-0.39, 0.29) is 23.8 Å². The highest BCUT2D eigenvalue weighted by atomic mass is 35.5. The number of imide groups is 1. The minimum absolute atomic E-state index is 0.0276. The van der Waals surface area contributed by atoms with E-state index in [1.807, 2.05) is 24.3 Å². The van der Waals surface area contributed by atoms with E-state index in [2.05, 4.69) is 35.7 Å². The Kier molecular flexibility index (Phi) is 10.3. The van der Waals surface area contributed by atoms with Crippen LogP contribution in [-0.2, 0) is 16.0 Å². The van der Waals surface area contributed by atoms with Crippen LogP contribution in [0.4, 0.5) is 9.59 Å². The second-order valence-electron chi connectivity index (χ2n) is 13.2. The Morgan fingerprint density at radius 2 is 1.35 bits per heavy atom. The number of ether oxygens (including phenoxy) is 4. The third-order valence-corrected chi connectivity index (χ3v) is 5.75. The second kappa shape index (κ2) is 13.2. The average Bonchev–Trinajstić information content (AvgIpc) is 2.88. The van der Waals surface area contributed by atoms with Gasteiger partial charge in [-0.2, -0.15) is 9.97 Å². The van der Waals surface area contributed by atoms with Crippen LogP contribution in [0.25, 0.3) is 22.8 Å². The van der Waals surface area contributed by atoms with Crippen molar-refractivity contribution in [3.05, 3.63) is 53.1 Å². The fraction of sp³-hybridized carbons (Fsp3) is 0.469. The summed E-state index contributed by atoms with van der Waals surface area (Å²) in [6, 6.07) is 12.6. The number of methoxy groups -OCH3 is 1. The Bertz CT molecular complexity index is 1410. The van der Waals surface area contributed by atoms with E-state index in [9.17, 15) is 9.59 Å². The molecular formula is C32H41ClN4O6. The zero-order valence-corrected chi connectivity index (χ0v) is 27.3. The van der Waals surface area contributed by atoms with E-state index in [0.29, 0.717) is 28.6 Å². The number of rotatable bonds is 7. The summed E-state index contributed by atoms with van der Waals surface area (Å²) in [6.07, 6.45) is -1.67. The van der Waals surface area contributed by atoms with Gasteiger partial charge < -0.3 is 18.9 Å². The first kappa shape index (κ1) is 33.6. The Morgan fingerprint density at radius 1 is 0.791 bits per heavy atom. The molecular weight excluding hydrogens is 572 g/mol. The van der Waals surface area contributed by atoms with Gasteiger partial charge in [-0.15, -0.1) is 0 Å². The molecule has 232 valence electrons. The summed E-state index contributed by atoms with van der Waals surface area (Å²) in [5.74, 6) is 1.35. The van der Waals surface area contributed by atoms with Crippen molar-refractivity contribution >= 4 is 23.8 Å². The molecule has 0 radical (unpaired) electrons. The fourth-order valence-corrected chi connectivity index (χ4v) is 3.76. The molecule has 0 aliphatic rings. The van der Waals surface area contributed by atoms with Gasteiger partial charge in [0, 0.05) is 11.1 Å². The molecule has 0 saturated heterocycles. The molecule has 2 aromatic carbocycles. The Labute approximate surface area is 258 Å². The van der Waals surface area contributed by atoms with Gasteiger partial charge in [0.15, 0.2) is 11.6 Å². The van der Waals surface area contributed by atoms with E-state index in [1.165, 1.54) is 7.11 Å². The predicted octanol–water partition coefficient (Wildman–Crippen LogP) is 7.96. The zero-order valence-electron chi connectivity index (χ0n) is 26.6. The van der Waals surface area contributed by atoms with Crippen molar-refractivity contribution in [2.24, 2.45) is 5.41 Å². The van der Waals surface area contributed by atoms with Gasteiger partial charge in [0.25, 0.3) is 0 Å². The number of benzene rings is 2. The standard InChI is InChI=1S/C32H41ClN4O6/c1-30(2,3)19-41-22-14-12-21(13-15-22)25-34-26(36-27(35-25)40-10)23-17-20(11-16-24(23)33)18-37(28(38)42-31(4,5)6)29(39)43-32(7,8)9/h11-17H,18-19H2,1-10H3. The molecule has 3 aromatic rings. The lowest BCUT2D eigenvalue weighted by atomic mass is 9.99. The topological polar surface area (TPSA) is 113 Å². The highest BCUT2D eigenvalue weighted by molar-refractivity contribution is 6.33. The summed E-state index contributed by atoms with van der Waals surface area (Å²) in [4.78, 5) is 40.5. The molecule has 43 heavy (non-hydrogen) atoms. The summed E-state index contributed by atoms with van der Waals surface area (Å²) in [5, 5.41) is 0.356.